The molecule has 3 aromatic rings. The van der Waals surface area contributed by atoms with Crippen molar-refractivity contribution in [2.24, 2.45) is 5.92 Å². The second-order valence-electron chi connectivity index (χ2n) is 7.86. The summed E-state index contributed by atoms with van der Waals surface area (Å²) in [5.41, 5.74) is 1.72. The van der Waals surface area contributed by atoms with Gasteiger partial charge in [-0.05, 0) is 56.3 Å². The maximum atomic E-state index is 12.9. The Hall–Kier alpha value is -3.39. The molecule has 0 radical (unpaired) electrons. The third kappa shape index (κ3) is 4.75. The first-order valence-corrected chi connectivity index (χ1v) is 10.7. The van der Waals surface area contributed by atoms with Crippen molar-refractivity contribution in [1.82, 2.24) is 15.0 Å². The SMILES string of the molecule is COc1ccc(-c2noc(CN3CCC(C(=O)N(C)c4ccccc4)CC3)n2)cc1OC. The lowest BCUT2D eigenvalue weighted by Gasteiger charge is -2.32. The molecule has 0 unspecified atom stereocenters. The number of carbonyl (C=O) groups is 1. The number of hydrogen-bond acceptors (Lipinski definition) is 7. The smallest absolute Gasteiger partial charge is 0.241 e. The summed E-state index contributed by atoms with van der Waals surface area (Å²) in [4.78, 5) is 21.4. The molecule has 0 bridgehead atoms. The first-order chi connectivity index (χ1) is 15.6. The maximum Gasteiger partial charge on any atom is 0.241 e. The van der Waals surface area contributed by atoms with Gasteiger partial charge in [0.2, 0.25) is 17.6 Å². The van der Waals surface area contributed by atoms with Crippen molar-refractivity contribution in [3.05, 3.63) is 54.4 Å². The van der Waals surface area contributed by atoms with Crippen LogP contribution < -0.4 is 14.4 Å². The Morgan fingerprint density at radius 3 is 2.50 bits per heavy atom. The monoisotopic (exact) mass is 436 g/mol. The molecular weight excluding hydrogens is 408 g/mol. The molecule has 1 aliphatic heterocycles. The standard InChI is InChI=1S/C24H28N4O4/c1-27(19-7-5-4-6-8-19)24(29)17-11-13-28(14-12-17)16-22-25-23(26-32-22)18-9-10-20(30-2)21(15-18)31-3/h4-10,15,17H,11-14,16H2,1-3H3. The average Bonchev–Trinajstić information content (AvgIpc) is 3.32. The van der Waals surface area contributed by atoms with Gasteiger partial charge in [-0.15, -0.1) is 0 Å². The molecule has 1 fully saturated rings. The van der Waals surface area contributed by atoms with Gasteiger partial charge >= 0.3 is 0 Å². The zero-order valence-corrected chi connectivity index (χ0v) is 18.7. The first kappa shape index (κ1) is 21.8. The highest BCUT2D eigenvalue weighted by Crippen LogP contribution is 2.31. The molecular formula is C24H28N4O4. The van der Waals surface area contributed by atoms with Gasteiger partial charge in [0.25, 0.3) is 0 Å². The van der Waals surface area contributed by atoms with E-state index in [2.05, 4.69) is 15.0 Å². The molecule has 168 valence electrons. The summed E-state index contributed by atoms with van der Waals surface area (Å²) in [6.07, 6.45) is 1.62. The Bertz CT molecular complexity index is 1050. The zero-order valence-electron chi connectivity index (χ0n) is 18.7. The molecule has 2 heterocycles. The van der Waals surface area contributed by atoms with E-state index in [-0.39, 0.29) is 11.8 Å². The number of methoxy groups -OCH3 is 2. The molecule has 1 amide bonds. The van der Waals surface area contributed by atoms with E-state index in [1.165, 1.54) is 0 Å². The minimum Gasteiger partial charge on any atom is -0.493 e. The molecule has 4 rings (SSSR count). The van der Waals surface area contributed by atoms with Crippen LogP contribution in [0.5, 0.6) is 11.5 Å². The number of rotatable bonds is 7. The van der Waals surface area contributed by atoms with E-state index in [4.69, 9.17) is 14.0 Å². The summed E-state index contributed by atoms with van der Waals surface area (Å²) >= 11 is 0. The van der Waals surface area contributed by atoms with Gasteiger partial charge in [-0.3, -0.25) is 9.69 Å². The van der Waals surface area contributed by atoms with Gasteiger partial charge < -0.3 is 18.9 Å². The Labute approximate surface area is 187 Å². The van der Waals surface area contributed by atoms with E-state index in [1.54, 1.807) is 19.1 Å². The minimum atomic E-state index is 0.0291. The number of carbonyl (C=O) groups excluding carboxylic acids is 1. The van der Waals surface area contributed by atoms with Crippen LogP contribution in [-0.4, -0.2) is 55.3 Å². The zero-order chi connectivity index (χ0) is 22.5. The van der Waals surface area contributed by atoms with E-state index in [0.717, 1.165) is 37.2 Å². The van der Waals surface area contributed by atoms with Gasteiger partial charge in [0.1, 0.15) is 0 Å². The van der Waals surface area contributed by atoms with E-state index < -0.39 is 0 Å². The number of likely N-dealkylation sites (tertiary alicyclic amines) is 1. The second kappa shape index (κ2) is 9.82. The Kier molecular flexibility index (Phi) is 6.70. The molecule has 8 heteroatoms. The number of nitrogens with zero attached hydrogens (tertiary/aromatic N) is 4. The molecule has 0 spiro atoms. The lowest BCUT2D eigenvalue weighted by molar-refractivity contribution is -0.123. The Balaban J connectivity index is 1.33. The molecule has 0 N–H and O–H groups in total. The van der Waals surface area contributed by atoms with E-state index in [1.807, 2.05) is 55.6 Å². The predicted octanol–water partition coefficient (Wildman–Crippen LogP) is 3.63. The minimum absolute atomic E-state index is 0.0291. The number of amides is 1. The number of benzene rings is 2. The first-order valence-electron chi connectivity index (χ1n) is 10.7. The quantitative estimate of drug-likeness (QED) is 0.559. The van der Waals surface area contributed by atoms with Crippen LogP contribution in [0.3, 0.4) is 0 Å². The van der Waals surface area contributed by atoms with Crippen molar-refractivity contribution in [2.75, 3.05) is 39.3 Å². The highest BCUT2D eigenvalue weighted by Gasteiger charge is 2.28. The number of aromatic nitrogens is 2. The number of para-hydroxylation sites is 1. The van der Waals surface area contributed by atoms with Gasteiger partial charge in [-0.25, -0.2) is 0 Å². The van der Waals surface area contributed by atoms with Crippen molar-refractivity contribution < 1.29 is 18.8 Å². The fourth-order valence-corrected chi connectivity index (χ4v) is 3.99. The summed E-state index contributed by atoms with van der Waals surface area (Å²) in [6.45, 7) is 2.19. The van der Waals surface area contributed by atoms with Crippen molar-refractivity contribution in [1.29, 1.82) is 0 Å². The fourth-order valence-electron chi connectivity index (χ4n) is 3.99. The lowest BCUT2D eigenvalue weighted by Crippen LogP contribution is -2.41. The van der Waals surface area contributed by atoms with Crippen molar-refractivity contribution in [3.63, 3.8) is 0 Å². The lowest BCUT2D eigenvalue weighted by atomic mass is 9.95. The summed E-state index contributed by atoms with van der Waals surface area (Å²) in [7, 11) is 5.04. The van der Waals surface area contributed by atoms with Crippen LogP contribution in [0.15, 0.2) is 53.1 Å². The number of ether oxygens (including phenoxy) is 2. The van der Waals surface area contributed by atoms with Gasteiger partial charge in [-0.1, -0.05) is 23.4 Å². The van der Waals surface area contributed by atoms with Crippen LogP contribution in [-0.2, 0) is 11.3 Å². The number of hydrogen-bond donors (Lipinski definition) is 0. The second-order valence-corrected chi connectivity index (χ2v) is 7.86. The molecule has 1 aliphatic rings. The van der Waals surface area contributed by atoms with Crippen molar-refractivity contribution in [2.45, 2.75) is 19.4 Å². The average molecular weight is 437 g/mol. The molecule has 2 aromatic carbocycles. The molecule has 1 saturated heterocycles. The van der Waals surface area contributed by atoms with Gasteiger partial charge in [0, 0.05) is 24.2 Å². The van der Waals surface area contributed by atoms with E-state index >= 15 is 0 Å². The molecule has 1 aromatic heterocycles. The maximum absolute atomic E-state index is 12.9. The molecule has 8 nitrogen and oxygen atoms in total. The van der Waals surface area contributed by atoms with E-state index in [0.29, 0.717) is 29.8 Å². The van der Waals surface area contributed by atoms with E-state index in [9.17, 15) is 4.79 Å². The topological polar surface area (TPSA) is 80.9 Å². The number of anilines is 1. The van der Waals surface area contributed by atoms with Crippen LogP contribution in [0, 0.1) is 5.92 Å². The molecule has 32 heavy (non-hydrogen) atoms. The summed E-state index contributed by atoms with van der Waals surface area (Å²) in [6, 6.07) is 15.3. The van der Waals surface area contributed by atoms with Crippen LogP contribution in [0.4, 0.5) is 5.69 Å². The third-order valence-electron chi connectivity index (χ3n) is 5.88. The number of piperidine rings is 1. The molecule has 0 saturated carbocycles. The Morgan fingerprint density at radius 1 is 1.09 bits per heavy atom. The molecule has 0 atom stereocenters. The van der Waals surface area contributed by atoms with Crippen LogP contribution in [0.1, 0.15) is 18.7 Å². The van der Waals surface area contributed by atoms with Gasteiger partial charge in [0.15, 0.2) is 11.5 Å². The van der Waals surface area contributed by atoms with Gasteiger partial charge in [0.05, 0.1) is 20.8 Å². The highest BCUT2D eigenvalue weighted by molar-refractivity contribution is 5.94. The fraction of sp³-hybridized carbons (Fsp3) is 0.375. The normalized spacial score (nSPS) is 14.8. The van der Waals surface area contributed by atoms with Crippen LogP contribution >= 0.6 is 0 Å². The third-order valence-corrected chi connectivity index (χ3v) is 5.88. The highest BCUT2D eigenvalue weighted by atomic mass is 16.5. The largest absolute Gasteiger partial charge is 0.493 e. The Morgan fingerprint density at radius 2 is 1.81 bits per heavy atom. The van der Waals surface area contributed by atoms with Crippen molar-refractivity contribution >= 4 is 11.6 Å². The summed E-state index contributed by atoms with van der Waals surface area (Å²) in [5.74, 6) is 2.53. The van der Waals surface area contributed by atoms with Gasteiger partial charge in [-0.2, -0.15) is 4.98 Å². The van der Waals surface area contributed by atoms with Crippen molar-refractivity contribution in [3.8, 4) is 22.9 Å². The van der Waals surface area contributed by atoms with Crippen LogP contribution in [0.2, 0.25) is 0 Å². The summed E-state index contributed by atoms with van der Waals surface area (Å²) < 4.78 is 16.1. The van der Waals surface area contributed by atoms with Crippen LogP contribution in [0.25, 0.3) is 11.4 Å². The predicted molar refractivity (Wildman–Crippen MR) is 121 cm³/mol. The molecule has 0 aliphatic carbocycles. The summed E-state index contributed by atoms with van der Waals surface area (Å²) in [5, 5.41) is 4.11.